The van der Waals surface area contributed by atoms with Crippen LogP contribution in [0, 0.1) is 0 Å². The largest absolute Gasteiger partial charge is 0.433 e. The molecule has 18 heavy (non-hydrogen) atoms. The van der Waals surface area contributed by atoms with Crippen LogP contribution in [-0.2, 0) is 12.7 Å². The van der Waals surface area contributed by atoms with Crippen molar-refractivity contribution in [3.05, 3.63) is 29.6 Å². The second-order valence-electron chi connectivity index (χ2n) is 4.43. The number of hydrogen-bond acceptors (Lipinski definition) is 3. The topological polar surface area (TPSA) is 28.2 Å². The number of rotatable bonds is 2. The van der Waals surface area contributed by atoms with Crippen molar-refractivity contribution in [1.82, 2.24) is 15.2 Å². The van der Waals surface area contributed by atoms with Crippen molar-refractivity contribution in [3.63, 3.8) is 0 Å². The lowest BCUT2D eigenvalue weighted by atomic mass is 10.2. The van der Waals surface area contributed by atoms with Crippen LogP contribution in [0.1, 0.15) is 17.7 Å². The van der Waals surface area contributed by atoms with Crippen molar-refractivity contribution in [1.29, 1.82) is 0 Å². The normalized spacial score (nSPS) is 18.6. The Morgan fingerprint density at radius 2 is 2.06 bits per heavy atom. The van der Waals surface area contributed by atoms with Crippen LogP contribution in [0.15, 0.2) is 18.3 Å². The maximum Gasteiger partial charge on any atom is 0.433 e. The lowest BCUT2D eigenvalue weighted by Crippen LogP contribution is -2.27. The van der Waals surface area contributed by atoms with E-state index in [4.69, 9.17) is 0 Å². The molecule has 1 aliphatic rings. The summed E-state index contributed by atoms with van der Waals surface area (Å²) in [6.45, 7) is 4.47. The Balaban J connectivity index is 1.97. The van der Waals surface area contributed by atoms with Crippen LogP contribution in [0.4, 0.5) is 13.2 Å². The average molecular weight is 259 g/mol. The van der Waals surface area contributed by atoms with Gasteiger partial charge in [0.15, 0.2) is 0 Å². The summed E-state index contributed by atoms with van der Waals surface area (Å²) in [6.07, 6.45) is -1.97. The van der Waals surface area contributed by atoms with E-state index in [0.717, 1.165) is 44.2 Å². The molecule has 2 heterocycles. The Bertz CT molecular complexity index is 367. The zero-order valence-corrected chi connectivity index (χ0v) is 10.0. The van der Waals surface area contributed by atoms with Gasteiger partial charge in [-0.3, -0.25) is 9.88 Å². The van der Waals surface area contributed by atoms with E-state index in [9.17, 15) is 13.2 Å². The van der Waals surface area contributed by atoms with Gasteiger partial charge in [-0.15, -0.1) is 0 Å². The third-order valence-corrected chi connectivity index (χ3v) is 2.95. The fourth-order valence-electron chi connectivity index (χ4n) is 2.00. The minimum atomic E-state index is -4.36. The standard InChI is InChI=1S/C12H16F3N3/c13-12(14,15)11-3-2-10(8-17-11)9-18-6-1-4-16-5-7-18/h2-3,8,16H,1,4-7,9H2. The van der Waals surface area contributed by atoms with E-state index in [0.29, 0.717) is 6.54 Å². The first-order valence-corrected chi connectivity index (χ1v) is 6.01. The van der Waals surface area contributed by atoms with Gasteiger partial charge in [-0.1, -0.05) is 6.07 Å². The molecular formula is C12H16F3N3. The Hall–Kier alpha value is -1.14. The molecule has 0 aromatic carbocycles. The molecule has 2 rings (SSSR count). The van der Waals surface area contributed by atoms with Crippen molar-refractivity contribution >= 4 is 0 Å². The maximum absolute atomic E-state index is 12.4. The number of halogens is 3. The molecule has 1 aliphatic heterocycles. The summed E-state index contributed by atoms with van der Waals surface area (Å²) in [4.78, 5) is 5.70. The van der Waals surface area contributed by atoms with Gasteiger partial charge in [-0.2, -0.15) is 13.2 Å². The Labute approximate surface area is 104 Å². The summed E-state index contributed by atoms with van der Waals surface area (Å²) >= 11 is 0. The first-order valence-electron chi connectivity index (χ1n) is 6.01. The second kappa shape index (κ2) is 5.67. The molecule has 0 unspecified atom stereocenters. The molecular weight excluding hydrogens is 243 g/mol. The highest BCUT2D eigenvalue weighted by atomic mass is 19.4. The average Bonchev–Trinajstić information content (AvgIpc) is 2.57. The van der Waals surface area contributed by atoms with Gasteiger partial charge in [0.05, 0.1) is 0 Å². The zero-order chi connectivity index (χ0) is 13.0. The van der Waals surface area contributed by atoms with E-state index in [-0.39, 0.29) is 0 Å². The molecule has 0 atom stereocenters. The van der Waals surface area contributed by atoms with E-state index in [1.165, 1.54) is 12.3 Å². The zero-order valence-electron chi connectivity index (χ0n) is 10.0. The fraction of sp³-hybridized carbons (Fsp3) is 0.583. The van der Waals surface area contributed by atoms with Crippen molar-refractivity contribution in [3.8, 4) is 0 Å². The number of hydrogen-bond donors (Lipinski definition) is 1. The van der Waals surface area contributed by atoms with Crippen LogP contribution in [-0.4, -0.2) is 36.1 Å². The lowest BCUT2D eigenvalue weighted by molar-refractivity contribution is -0.141. The number of aromatic nitrogens is 1. The molecule has 1 N–H and O–H groups in total. The van der Waals surface area contributed by atoms with Crippen LogP contribution in [0.3, 0.4) is 0 Å². The summed E-state index contributed by atoms with van der Waals surface area (Å²) < 4.78 is 37.1. The first kappa shape index (κ1) is 13.3. The van der Waals surface area contributed by atoms with Gasteiger partial charge in [0.2, 0.25) is 0 Å². The van der Waals surface area contributed by atoms with E-state index in [2.05, 4.69) is 15.2 Å². The lowest BCUT2D eigenvalue weighted by Gasteiger charge is -2.19. The first-order chi connectivity index (χ1) is 8.55. The van der Waals surface area contributed by atoms with Gasteiger partial charge in [0.25, 0.3) is 0 Å². The molecule has 0 saturated carbocycles. The summed E-state index contributed by atoms with van der Waals surface area (Å²) in [5.74, 6) is 0. The third kappa shape index (κ3) is 3.68. The highest BCUT2D eigenvalue weighted by molar-refractivity contribution is 5.15. The van der Waals surface area contributed by atoms with Crippen LogP contribution < -0.4 is 5.32 Å². The minimum Gasteiger partial charge on any atom is -0.315 e. The van der Waals surface area contributed by atoms with Gasteiger partial charge in [0, 0.05) is 25.8 Å². The molecule has 1 aromatic rings. The van der Waals surface area contributed by atoms with Crippen LogP contribution >= 0.6 is 0 Å². The number of nitrogens with zero attached hydrogens (tertiary/aromatic N) is 2. The predicted octanol–water partition coefficient (Wildman–Crippen LogP) is 1.90. The number of alkyl halides is 3. The van der Waals surface area contributed by atoms with Gasteiger partial charge >= 0.3 is 6.18 Å². The van der Waals surface area contributed by atoms with E-state index >= 15 is 0 Å². The Morgan fingerprint density at radius 1 is 1.22 bits per heavy atom. The molecule has 0 radical (unpaired) electrons. The highest BCUT2D eigenvalue weighted by Gasteiger charge is 2.32. The molecule has 1 saturated heterocycles. The molecule has 1 aromatic heterocycles. The molecule has 100 valence electrons. The predicted molar refractivity (Wildman–Crippen MR) is 62.0 cm³/mol. The number of pyridine rings is 1. The van der Waals surface area contributed by atoms with Crippen molar-refractivity contribution < 1.29 is 13.2 Å². The Morgan fingerprint density at radius 3 is 2.72 bits per heavy atom. The van der Waals surface area contributed by atoms with Gasteiger partial charge in [-0.05, 0) is 31.1 Å². The quantitative estimate of drug-likeness (QED) is 0.879. The number of nitrogens with one attached hydrogen (secondary N) is 1. The molecule has 0 spiro atoms. The van der Waals surface area contributed by atoms with E-state index in [1.54, 1.807) is 0 Å². The fourth-order valence-corrected chi connectivity index (χ4v) is 2.00. The van der Waals surface area contributed by atoms with Crippen LogP contribution in [0.2, 0.25) is 0 Å². The third-order valence-electron chi connectivity index (χ3n) is 2.95. The van der Waals surface area contributed by atoms with E-state index in [1.807, 2.05) is 0 Å². The second-order valence-corrected chi connectivity index (χ2v) is 4.43. The summed E-state index contributed by atoms with van der Waals surface area (Å²) in [5.41, 5.74) is -0.00585. The van der Waals surface area contributed by atoms with Crippen LogP contribution in [0.5, 0.6) is 0 Å². The Kier molecular flexibility index (Phi) is 4.19. The van der Waals surface area contributed by atoms with Crippen LogP contribution in [0.25, 0.3) is 0 Å². The maximum atomic E-state index is 12.4. The van der Waals surface area contributed by atoms with Gasteiger partial charge < -0.3 is 5.32 Å². The molecule has 1 fully saturated rings. The molecule has 6 heteroatoms. The summed E-state index contributed by atoms with van der Waals surface area (Å²) in [5, 5.41) is 3.29. The summed E-state index contributed by atoms with van der Waals surface area (Å²) in [6, 6.07) is 2.56. The molecule has 3 nitrogen and oxygen atoms in total. The van der Waals surface area contributed by atoms with Crippen molar-refractivity contribution in [2.24, 2.45) is 0 Å². The summed E-state index contributed by atoms with van der Waals surface area (Å²) in [7, 11) is 0. The smallest absolute Gasteiger partial charge is 0.315 e. The highest BCUT2D eigenvalue weighted by Crippen LogP contribution is 2.27. The molecule has 0 amide bonds. The molecule has 0 bridgehead atoms. The van der Waals surface area contributed by atoms with Gasteiger partial charge in [0.1, 0.15) is 5.69 Å². The van der Waals surface area contributed by atoms with Gasteiger partial charge in [-0.25, -0.2) is 0 Å². The van der Waals surface area contributed by atoms with Crippen molar-refractivity contribution in [2.75, 3.05) is 26.2 Å². The SMILES string of the molecule is FC(F)(F)c1ccc(CN2CCCNCC2)cn1. The minimum absolute atomic E-state index is 0.660. The van der Waals surface area contributed by atoms with E-state index < -0.39 is 11.9 Å². The monoisotopic (exact) mass is 259 g/mol. The van der Waals surface area contributed by atoms with Crippen molar-refractivity contribution in [2.45, 2.75) is 19.1 Å². The molecule has 0 aliphatic carbocycles.